The quantitative estimate of drug-likeness (QED) is 0.800. The molecule has 1 aromatic rings. The molecule has 0 aromatic heterocycles. The van der Waals surface area contributed by atoms with Crippen LogP contribution >= 0.6 is 0 Å². The Bertz CT molecular complexity index is 510. The van der Waals surface area contributed by atoms with Crippen molar-refractivity contribution in [2.45, 2.75) is 38.3 Å². The molecule has 0 aliphatic heterocycles. The molecule has 21 heavy (non-hydrogen) atoms. The van der Waals surface area contributed by atoms with Crippen molar-refractivity contribution in [3.63, 3.8) is 0 Å². The first-order valence-electron chi connectivity index (χ1n) is 7.14. The highest BCUT2D eigenvalue weighted by Gasteiger charge is 2.25. The SMILES string of the molecule is CC(NC(=O)NCC1CCCC1O)c1ccc(F)c(F)c1. The van der Waals surface area contributed by atoms with Crippen LogP contribution in [0.1, 0.15) is 37.8 Å². The van der Waals surface area contributed by atoms with Gasteiger partial charge in [-0.25, -0.2) is 13.6 Å². The third-order valence-electron chi connectivity index (χ3n) is 3.94. The third kappa shape index (κ3) is 4.14. The molecule has 0 saturated heterocycles. The molecule has 3 N–H and O–H groups in total. The summed E-state index contributed by atoms with van der Waals surface area (Å²) in [4.78, 5) is 11.8. The van der Waals surface area contributed by atoms with Crippen molar-refractivity contribution < 1.29 is 18.7 Å². The van der Waals surface area contributed by atoms with Crippen LogP contribution in [0.4, 0.5) is 13.6 Å². The lowest BCUT2D eigenvalue weighted by Crippen LogP contribution is -2.40. The summed E-state index contributed by atoms with van der Waals surface area (Å²) in [5, 5.41) is 15.0. The molecular weight excluding hydrogens is 278 g/mol. The van der Waals surface area contributed by atoms with Gasteiger partial charge in [-0.3, -0.25) is 0 Å². The number of nitrogens with one attached hydrogen (secondary N) is 2. The molecule has 6 heteroatoms. The topological polar surface area (TPSA) is 61.4 Å². The zero-order valence-corrected chi connectivity index (χ0v) is 11.9. The Hall–Kier alpha value is -1.69. The predicted octanol–water partition coefficient (Wildman–Crippen LogP) is 2.49. The minimum absolute atomic E-state index is 0.0920. The Morgan fingerprint density at radius 1 is 1.38 bits per heavy atom. The van der Waals surface area contributed by atoms with Gasteiger partial charge in [0.15, 0.2) is 11.6 Å². The molecule has 0 bridgehead atoms. The maximum atomic E-state index is 13.1. The molecule has 2 amide bonds. The Morgan fingerprint density at radius 3 is 2.76 bits per heavy atom. The number of hydrogen-bond donors (Lipinski definition) is 3. The number of aliphatic hydroxyl groups excluding tert-OH is 1. The summed E-state index contributed by atoms with van der Waals surface area (Å²) in [7, 11) is 0. The van der Waals surface area contributed by atoms with E-state index in [1.165, 1.54) is 6.07 Å². The average Bonchev–Trinajstić information content (AvgIpc) is 2.85. The Labute approximate surface area is 122 Å². The van der Waals surface area contributed by atoms with Crippen molar-refractivity contribution in [2.75, 3.05) is 6.54 Å². The lowest BCUT2D eigenvalue weighted by Gasteiger charge is -2.18. The molecule has 1 aliphatic rings. The van der Waals surface area contributed by atoms with Crippen LogP contribution < -0.4 is 10.6 Å². The molecule has 4 nitrogen and oxygen atoms in total. The van der Waals surface area contributed by atoms with E-state index in [1.807, 2.05) is 0 Å². The van der Waals surface area contributed by atoms with Crippen molar-refractivity contribution in [3.05, 3.63) is 35.4 Å². The number of aliphatic hydroxyl groups is 1. The molecule has 2 rings (SSSR count). The summed E-state index contributed by atoms with van der Waals surface area (Å²) in [6, 6.07) is 2.72. The van der Waals surface area contributed by atoms with E-state index in [0.29, 0.717) is 12.1 Å². The van der Waals surface area contributed by atoms with Crippen LogP contribution in [-0.4, -0.2) is 23.8 Å². The second kappa shape index (κ2) is 6.85. The van der Waals surface area contributed by atoms with Gasteiger partial charge in [0, 0.05) is 12.5 Å². The van der Waals surface area contributed by atoms with Crippen molar-refractivity contribution in [2.24, 2.45) is 5.92 Å². The van der Waals surface area contributed by atoms with Crippen LogP contribution in [0.15, 0.2) is 18.2 Å². The Morgan fingerprint density at radius 2 is 2.14 bits per heavy atom. The molecule has 3 unspecified atom stereocenters. The number of amides is 2. The third-order valence-corrected chi connectivity index (χ3v) is 3.94. The van der Waals surface area contributed by atoms with Gasteiger partial charge in [0.25, 0.3) is 0 Å². The molecule has 1 aromatic carbocycles. The zero-order valence-electron chi connectivity index (χ0n) is 11.9. The number of benzene rings is 1. The fourth-order valence-corrected chi connectivity index (χ4v) is 2.59. The van der Waals surface area contributed by atoms with E-state index in [0.717, 1.165) is 31.4 Å². The molecule has 116 valence electrons. The largest absolute Gasteiger partial charge is 0.393 e. The van der Waals surface area contributed by atoms with Crippen molar-refractivity contribution in [3.8, 4) is 0 Å². The van der Waals surface area contributed by atoms with Crippen molar-refractivity contribution in [1.29, 1.82) is 0 Å². The summed E-state index contributed by atoms with van der Waals surface area (Å²) in [5.74, 6) is -1.75. The standard InChI is InChI=1S/C15H20F2N2O2/c1-9(10-5-6-12(16)13(17)7-10)19-15(21)18-8-11-3-2-4-14(11)20/h5-7,9,11,14,20H,2-4,8H2,1H3,(H2,18,19,21). The summed E-state index contributed by atoms with van der Waals surface area (Å²) >= 11 is 0. The molecule has 1 fully saturated rings. The minimum atomic E-state index is -0.935. The van der Waals surface area contributed by atoms with Crippen LogP contribution in [0.5, 0.6) is 0 Å². The second-order valence-electron chi connectivity index (χ2n) is 5.51. The van der Waals surface area contributed by atoms with Crippen LogP contribution in [-0.2, 0) is 0 Å². The molecule has 1 saturated carbocycles. The highest BCUT2D eigenvalue weighted by atomic mass is 19.2. The van der Waals surface area contributed by atoms with E-state index in [2.05, 4.69) is 10.6 Å². The number of carbonyl (C=O) groups excluding carboxylic acids is 1. The smallest absolute Gasteiger partial charge is 0.315 e. The highest BCUT2D eigenvalue weighted by molar-refractivity contribution is 5.74. The number of halogens is 2. The highest BCUT2D eigenvalue weighted by Crippen LogP contribution is 2.24. The van der Waals surface area contributed by atoms with E-state index in [4.69, 9.17) is 0 Å². The predicted molar refractivity (Wildman–Crippen MR) is 74.7 cm³/mol. The molecule has 0 heterocycles. The van der Waals surface area contributed by atoms with Crippen molar-refractivity contribution >= 4 is 6.03 Å². The molecule has 3 atom stereocenters. The number of carbonyl (C=O) groups is 1. The van der Waals surface area contributed by atoms with Crippen molar-refractivity contribution in [1.82, 2.24) is 10.6 Å². The summed E-state index contributed by atoms with van der Waals surface area (Å²) in [6.45, 7) is 2.11. The van der Waals surface area contributed by atoms with Gasteiger partial charge in [0.05, 0.1) is 12.1 Å². The average molecular weight is 298 g/mol. The minimum Gasteiger partial charge on any atom is -0.393 e. The van der Waals surface area contributed by atoms with Gasteiger partial charge in [-0.05, 0) is 37.5 Å². The van der Waals surface area contributed by atoms with Gasteiger partial charge in [-0.2, -0.15) is 0 Å². The number of rotatable bonds is 4. The maximum Gasteiger partial charge on any atom is 0.315 e. The molecule has 0 spiro atoms. The van der Waals surface area contributed by atoms with Gasteiger partial charge >= 0.3 is 6.03 Å². The van der Waals surface area contributed by atoms with E-state index in [9.17, 15) is 18.7 Å². The molecular formula is C15H20F2N2O2. The Balaban J connectivity index is 1.82. The van der Waals surface area contributed by atoms with E-state index in [-0.39, 0.29) is 18.1 Å². The normalized spacial score (nSPS) is 22.9. The van der Waals surface area contributed by atoms with E-state index < -0.39 is 17.7 Å². The monoisotopic (exact) mass is 298 g/mol. The summed E-state index contributed by atoms with van der Waals surface area (Å²) in [5.41, 5.74) is 0.491. The van der Waals surface area contributed by atoms with E-state index >= 15 is 0 Å². The van der Waals surface area contributed by atoms with Gasteiger partial charge in [0.1, 0.15) is 0 Å². The van der Waals surface area contributed by atoms with E-state index in [1.54, 1.807) is 6.92 Å². The lowest BCUT2D eigenvalue weighted by atomic mass is 10.1. The Kier molecular flexibility index (Phi) is 5.12. The van der Waals surface area contributed by atoms with Crippen LogP contribution in [0, 0.1) is 17.6 Å². The lowest BCUT2D eigenvalue weighted by molar-refractivity contribution is 0.132. The molecule has 1 aliphatic carbocycles. The number of hydrogen-bond acceptors (Lipinski definition) is 2. The first-order valence-corrected chi connectivity index (χ1v) is 7.14. The van der Waals surface area contributed by atoms with Gasteiger partial charge in [0.2, 0.25) is 0 Å². The number of urea groups is 1. The van der Waals surface area contributed by atoms with Crippen LogP contribution in [0.3, 0.4) is 0 Å². The zero-order chi connectivity index (χ0) is 15.4. The fourth-order valence-electron chi connectivity index (χ4n) is 2.59. The van der Waals surface area contributed by atoms with Gasteiger partial charge in [-0.1, -0.05) is 12.5 Å². The maximum absolute atomic E-state index is 13.1. The van der Waals surface area contributed by atoms with Gasteiger partial charge in [-0.15, -0.1) is 0 Å². The van der Waals surface area contributed by atoms with Crippen LogP contribution in [0.25, 0.3) is 0 Å². The first kappa shape index (κ1) is 15.7. The second-order valence-corrected chi connectivity index (χ2v) is 5.51. The molecule has 0 radical (unpaired) electrons. The first-order chi connectivity index (χ1) is 9.97. The van der Waals surface area contributed by atoms with Gasteiger partial charge < -0.3 is 15.7 Å². The fraction of sp³-hybridized carbons (Fsp3) is 0.533. The summed E-state index contributed by atoms with van der Waals surface area (Å²) < 4.78 is 26.0. The van der Waals surface area contributed by atoms with Crippen LogP contribution in [0.2, 0.25) is 0 Å². The summed E-state index contributed by atoms with van der Waals surface area (Å²) in [6.07, 6.45) is 2.30.